The molecule has 1 saturated carbocycles. The van der Waals surface area contributed by atoms with Crippen LogP contribution >= 0.6 is 0 Å². The van der Waals surface area contributed by atoms with Gasteiger partial charge in [0.2, 0.25) is 0 Å². The molecule has 1 aliphatic carbocycles. The summed E-state index contributed by atoms with van der Waals surface area (Å²) in [5.41, 5.74) is 0. The minimum atomic E-state index is -0.708. The molecule has 0 radical (unpaired) electrons. The Hall–Kier alpha value is -0.570. The topological polar surface area (TPSA) is 46.5 Å². The predicted molar refractivity (Wildman–Crippen MR) is 63.4 cm³/mol. The van der Waals surface area contributed by atoms with E-state index in [2.05, 4.69) is 13.8 Å². The first kappa shape index (κ1) is 13.5. The van der Waals surface area contributed by atoms with Gasteiger partial charge in [-0.05, 0) is 43.9 Å². The van der Waals surface area contributed by atoms with Crippen LogP contribution in [-0.4, -0.2) is 23.8 Å². The third kappa shape index (κ3) is 4.97. The van der Waals surface area contributed by atoms with Gasteiger partial charge in [0.15, 0.2) is 0 Å². The molecule has 94 valence electrons. The molecular formula is C13H24O3. The molecule has 0 spiro atoms. The quantitative estimate of drug-likeness (QED) is 0.711. The van der Waals surface area contributed by atoms with Crippen molar-refractivity contribution in [2.45, 2.75) is 58.5 Å². The van der Waals surface area contributed by atoms with E-state index < -0.39 is 5.97 Å². The fourth-order valence-electron chi connectivity index (χ4n) is 2.28. The van der Waals surface area contributed by atoms with Crippen molar-refractivity contribution in [2.24, 2.45) is 11.8 Å². The molecule has 0 amide bonds. The van der Waals surface area contributed by atoms with Crippen molar-refractivity contribution >= 4 is 5.97 Å². The molecule has 1 N–H and O–H groups in total. The monoisotopic (exact) mass is 228 g/mol. The zero-order valence-corrected chi connectivity index (χ0v) is 10.4. The number of rotatable bonds is 6. The first-order valence-corrected chi connectivity index (χ1v) is 6.43. The van der Waals surface area contributed by atoms with Crippen LogP contribution in [0.3, 0.4) is 0 Å². The van der Waals surface area contributed by atoms with Gasteiger partial charge in [-0.3, -0.25) is 4.79 Å². The van der Waals surface area contributed by atoms with Crippen LogP contribution in [0.5, 0.6) is 0 Å². The molecule has 0 aliphatic heterocycles. The summed E-state index contributed by atoms with van der Waals surface area (Å²) in [4.78, 5) is 10.3. The molecule has 3 atom stereocenters. The van der Waals surface area contributed by atoms with Crippen molar-refractivity contribution in [3.63, 3.8) is 0 Å². The molecule has 3 unspecified atom stereocenters. The van der Waals surface area contributed by atoms with Gasteiger partial charge in [0.05, 0.1) is 6.10 Å². The lowest BCUT2D eigenvalue weighted by molar-refractivity contribution is -0.137. The van der Waals surface area contributed by atoms with Crippen LogP contribution in [0.25, 0.3) is 0 Å². The minimum absolute atomic E-state index is 0.265. The second-order valence-electron chi connectivity index (χ2n) is 5.11. The molecular weight excluding hydrogens is 204 g/mol. The number of carbonyl (C=O) groups is 1. The third-order valence-electron chi connectivity index (χ3n) is 3.69. The van der Waals surface area contributed by atoms with Gasteiger partial charge in [-0.15, -0.1) is 0 Å². The van der Waals surface area contributed by atoms with Gasteiger partial charge in [0.25, 0.3) is 0 Å². The molecule has 0 aromatic heterocycles. The molecule has 1 aliphatic rings. The summed E-state index contributed by atoms with van der Waals surface area (Å²) in [5, 5.41) is 8.48. The Morgan fingerprint density at radius 3 is 2.62 bits per heavy atom. The summed E-state index contributed by atoms with van der Waals surface area (Å²) in [7, 11) is 0. The van der Waals surface area contributed by atoms with Crippen molar-refractivity contribution in [1.82, 2.24) is 0 Å². The highest BCUT2D eigenvalue weighted by molar-refractivity contribution is 5.66. The van der Waals surface area contributed by atoms with Gasteiger partial charge in [-0.1, -0.05) is 13.8 Å². The van der Waals surface area contributed by atoms with Crippen LogP contribution in [0.1, 0.15) is 52.4 Å². The van der Waals surface area contributed by atoms with Crippen molar-refractivity contribution in [3.05, 3.63) is 0 Å². The summed E-state index contributed by atoms with van der Waals surface area (Å²) in [6, 6.07) is 0. The first-order chi connectivity index (χ1) is 7.59. The second kappa shape index (κ2) is 6.89. The normalized spacial score (nSPS) is 30.2. The lowest BCUT2D eigenvalue weighted by Crippen LogP contribution is -2.27. The Kier molecular flexibility index (Phi) is 5.81. The number of unbranched alkanes of at least 4 members (excludes halogenated alkanes) is 1. The highest BCUT2D eigenvalue weighted by Crippen LogP contribution is 2.30. The van der Waals surface area contributed by atoms with Crippen molar-refractivity contribution in [3.8, 4) is 0 Å². The number of hydrogen-bond donors (Lipinski definition) is 1. The lowest BCUT2D eigenvalue weighted by atomic mass is 9.80. The van der Waals surface area contributed by atoms with Gasteiger partial charge in [0.1, 0.15) is 0 Å². The van der Waals surface area contributed by atoms with E-state index in [1.165, 1.54) is 19.3 Å². The zero-order chi connectivity index (χ0) is 12.0. The number of ether oxygens (including phenoxy) is 1. The Bertz CT molecular complexity index is 215. The Morgan fingerprint density at radius 2 is 2.00 bits per heavy atom. The molecule has 0 saturated heterocycles. The summed E-state index contributed by atoms with van der Waals surface area (Å²) >= 11 is 0. The highest BCUT2D eigenvalue weighted by Gasteiger charge is 2.24. The second-order valence-corrected chi connectivity index (χ2v) is 5.11. The number of hydrogen-bond acceptors (Lipinski definition) is 2. The smallest absolute Gasteiger partial charge is 0.303 e. The summed E-state index contributed by atoms with van der Waals surface area (Å²) in [5.74, 6) is 0.879. The molecule has 0 bridgehead atoms. The van der Waals surface area contributed by atoms with E-state index in [0.717, 1.165) is 31.3 Å². The number of carboxylic acids is 1. The van der Waals surface area contributed by atoms with E-state index in [1.807, 2.05) is 0 Å². The van der Waals surface area contributed by atoms with E-state index in [-0.39, 0.29) is 6.42 Å². The molecule has 3 nitrogen and oxygen atoms in total. The Morgan fingerprint density at radius 1 is 1.25 bits per heavy atom. The van der Waals surface area contributed by atoms with Crippen LogP contribution in [0.2, 0.25) is 0 Å². The van der Waals surface area contributed by atoms with Gasteiger partial charge in [-0.25, -0.2) is 0 Å². The maximum atomic E-state index is 10.3. The fourth-order valence-corrected chi connectivity index (χ4v) is 2.28. The summed E-state index contributed by atoms with van der Waals surface area (Å²) in [6.45, 7) is 5.33. The largest absolute Gasteiger partial charge is 0.481 e. The summed E-state index contributed by atoms with van der Waals surface area (Å²) < 4.78 is 5.79. The minimum Gasteiger partial charge on any atom is -0.481 e. The molecule has 16 heavy (non-hydrogen) atoms. The van der Waals surface area contributed by atoms with E-state index in [1.54, 1.807) is 0 Å². The average molecular weight is 228 g/mol. The predicted octanol–water partition coefficient (Wildman–Crippen LogP) is 3.08. The van der Waals surface area contributed by atoms with Crippen LogP contribution in [0, 0.1) is 11.8 Å². The van der Waals surface area contributed by atoms with Gasteiger partial charge >= 0.3 is 5.97 Å². The molecule has 1 fully saturated rings. The third-order valence-corrected chi connectivity index (χ3v) is 3.69. The maximum Gasteiger partial charge on any atom is 0.303 e. The molecule has 0 aromatic rings. The zero-order valence-electron chi connectivity index (χ0n) is 10.4. The molecule has 3 heteroatoms. The highest BCUT2D eigenvalue weighted by atomic mass is 16.5. The molecule has 0 heterocycles. The van der Waals surface area contributed by atoms with Crippen LogP contribution < -0.4 is 0 Å². The van der Waals surface area contributed by atoms with Gasteiger partial charge in [-0.2, -0.15) is 0 Å². The Balaban J connectivity index is 2.03. The number of carboxylic acid groups (broad SMARTS) is 1. The van der Waals surface area contributed by atoms with Gasteiger partial charge < -0.3 is 9.84 Å². The van der Waals surface area contributed by atoms with E-state index in [9.17, 15) is 4.79 Å². The standard InChI is InChI=1S/C13H24O3/c1-10-6-7-12(9-11(10)2)16-8-4-3-5-13(14)15/h10-12H,3-9H2,1-2H3,(H,14,15). The average Bonchev–Trinajstić information content (AvgIpc) is 2.22. The summed E-state index contributed by atoms with van der Waals surface area (Å²) in [6.07, 6.45) is 5.88. The van der Waals surface area contributed by atoms with Gasteiger partial charge in [0, 0.05) is 13.0 Å². The maximum absolute atomic E-state index is 10.3. The fraction of sp³-hybridized carbons (Fsp3) is 0.923. The molecule has 0 aromatic carbocycles. The molecule has 1 rings (SSSR count). The van der Waals surface area contributed by atoms with Crippen LogP contribution in [-0.2, 0) is 9.53 Å². The van der Waals surface area contributed by atoms with Crippen LogP contribution in [0.15, 0.2) is 0 Å². The first-order valence-electron chi connectivity index (χ1n) is 6.43. The van der Waals surface area contributed by atoms with E-state index in [0.29, 0.717) is 6.10 Å². The van der Waals surface area contributed by atoms with Crippen LogP contribution in [0.4, 0.5) is 0 Å². The SMILES string of the molecule is CC1CCC(OCCCCC(=O)O)CC1C. The van der Waals surface area contributed by atoms with Crippen molar-refractivity contribution in [1.29, 1.82) is 0 Å². The van der Waals surface area contributed by atoms with Crippen molar-refractivity contribution in [2.75, 3.05) is 6.61 Å². The van der Waals surface area contributed by atoms with E-state index in [4.69, 9.17) is 9.84 Å². The lowest BCUT2D eigenvalue weighted by Gasteiger charge is -2.31. The number of aliphatic carboxylic acids is 1. The Labute approximate surface area is 98.2 Å². The van der Waals surface area contributed by atoms with E-state index >= 15 is 0 Å². The van der Waals surface area contributed by atoms with Crippen molar-refractivity contribution < 1.29 is 14.6 Å².